The van der Waals surface area contributed by atoms with Gasteiger partial charge in [-0.15, -0.1) is 11.3 Å². The van der Waals surface area contributed by atoms with Gasteiger partial charge in [0.25, 0.3) is 5.91 Å². The van der Waals surface area contributed by atoms with Crippen LogP contribution in [0.1, 0.15) is 28.9 Å². The van der Waals surface area contributed by atoms with Gasteiger partial charge >= 0.3 is 5.97 Å². The molecule has 154 valence electrons. The summed E-state index contributed by atoms with van der Waals surface area (Å²) in [5.74, 6) is 0.350. The number of rotatable bonds is 8. The number of benzene rings is 1. The Morgan fingerprint density at radius 3 is 2.57 bits per heavy atom. The molecule has 1 aliphatic carbocycles. The van der Waals surface area contributed by atoms with E-state index in [0.29, 0.717) is 17.4 Å². The Morgan fingerprint density at radius 2 is 1.90 bits per heavy atom. The highest BCUT2D eigenvalue weighted by Gasteiger charge is 2.33. The lowest BCUT2D eigenvalue weighted by Gasteiger charge is -2.22. The largest absolute Gasteiger partial charge is 0.497 e. The number of hydrogen-bond acceptors (Lipinski definition) is 8. The van der Waals surface area contributed by atoms with Crippen LogP contribution >= 0.6 is 11.3 Å². The van der Waals surface area contributed by atoms with Crippen LogP contribution in [-0.2, 0) is 16.1 Å². The zero-order valence-electron chi connectivity index (χ0n) is 16.4. The molecule has 1 amide bonds. The predicted molar refractivity (Wildman–Crippen MR) is 110 cm³/mol. The van der Waals surface area contributed by atoms with Gasteiger partial charge in [0, 0.05) is 30.4 Å². The SMILES string of the molecule is COc1ccc(CN(C(=O)COC(=O)c2csc(-c3ncccn3)n2)C2CC2)cc1. The second-order valence-electron chi connectivity index (χ2n) is 6.79. The Morgan fingerprint density at radius 1 is 1.17 bits per heavy atom. The Bertz CT molecular complexity index is 1020. The zero-order valence-corrected chi connectivity index (χ0v) is 17.2. The molecule has 1 aromatic carbocycles. The second-order valence-corrected chi connectivity index (χ2v) is 7.65. The summed E-state index contributed by atoms with van der Waals surface area (Å²) < 4.78 is 10.4. The minimum absolute atomic E-state index is 0.142. The topological polar surface area (TPSA) is 94.5 Å². The van der Waals surface area contributed by atoms with Crippen molar-refractivity contribution in [3.63, 3.8) is 0 Å². The molecule has 8 nitrogen and oxygen atoms in total. The van der Waals surface area contributed by atoms with Crippen LogP contribution in [0, 0.1) is 0 Å². The summed E-state index contributed by atoms with van der Waals surface area (Å²) in [4.78, 5) is 39.2. The number of ether oxygens (including phenoxy) is 2. The van der Waals surface area contributed by atoms with Gasteiger partial charge in [0.15, 0.2) is 23.1 Å². The lowest BCUT2D eigenvalue weighted by molar-refractivity contribution is -0.135. The number of amides is 1. The van der Waals surface area contributed by atoms with Crippen LogP contribution < -0.4 is 4.74 Å². The van der Waals surface area contributed by atoms with Gasteiger partial charge in [-0.3, -0.25) is 4.79 Å². The van der Waals surface area contributed by atoms with Crippen molar-refractivity contribution in [3.8, 4) is 16.6 Å². The van der Waals surface area contributed by atoms with E-state index in [1.54, 1.807) is 35.8 Å². The molecule has 4 rings (SSSR count). The molecule has 2 aromatic heterocycles. The molecule has 3 aromatic rings. The molecule has 1 saturated carbocycles. The van der Waals surface area contributed by atoms with Gasteiger partial charge in [-0.2, -0.15) is 0 Å². The van der Waals surface area contributed by atoms with E-state index in [2.05, 4.69) is 15.0 Å². The highest BCUT2D eigenvalue weighted by Crippen LogP contribution is 2.29. The van der Waals surface area contributed by atoms with Crippen molar-refractivity contribution in [3.05, 3.63) is 59.4 Å². The number of nitrogens with zero attached hydrogens (tertiary/aromatic N) is 4. The van der Waals surface area contributed by atoms with E-state index in [-0.39, 0.29) is 24.2 Å². The number of esters is 1. The molecule has 0 radical (unpaired) electrons. The molecule has 0 N–H and O–H groups in total. The van der Waals surface area contributed by atoms with Crippen molar-refractivity contribution in [2.45, 2.75) is 25.4 Å². The molecule has 0 unspecified atom stereocenters. The summed E-state index contributed by atoms with van der Waals surface area (Å²) in [6.07, 6.45) is 5.14. The van der Waals surface area contributed by atoms with Gasteiger partial charge in [-0.05, 0) is 36.6 Å². The average Bonchev–Trinajstić information content (AvgIpc) is 3.51. The number of aromatic nitrogens is 3. The lowest BCUT2D eigenvalue weighted by Crippen LogP contribution is -2.36. The molecule has 1 fully saturated rings. The number of carbonyl (C=O) groups excluding carboxylic acids is 2. The van der Waals surface area contributed by atoms with E-state index < -0.39 is 5.97 Å². The van der Waals surface area contributed by atoms with Gasteiger partial charge in [-0.25, -0.2) is 19.7 Å². The van der Waals surface area contributed by atoms with Gasteiger partial charge in [0.05, 0.1) is 7.11 Å². The fourth-order valence-electron chi connectivity index (χ4n) is 2.90. The molecule has 1 aliphatic rings. The van der Waals surface area contributed by atoms with Crippen LogP contribution in [-0.4, -0.2) is 51.5 Å². The van der Waals surface area contributed by atoms with Crippen LogP contribution in [0.4, 0.5) is 0 Å². The molecule has 2 heterocycles. The smallest absolute Gasteiger partial charge is 0.358 e. The van der Waals surface area contributed by atoms with Crippen molar-refractivity contribution in [1.82, 2.24) is 19.9 Å². The van der Waals surface area contributed by atoms with Gasteiger partial charge in [-0.1, -0.05) is 12.1 Å². The van der Waals surface area contributed by atoms with E-state index in [1.807, 2.05) is 24.3 Å². The van der Waals surface area contributed by atoms with E-state index in [4.69, 9.17) is 9.47 Å². The molecule has 0 bridgehead atoms. The second kappa shape index (κ2) is 9.00. The van der Waals surface area contributed by atoms with Crippen molar-refractivity contribution in [2.24, 2.45) is 0 Å². The summed E-state index contributed by atoms with van der Waals surface area (Å²) in [5, 5.41) is 2.10. The van der Waals surface area contributed by atoms with Gasteiger partial charge in [0.2, 0.25) is 0 Å². The fourth-order valence-corrected chi connectivity index (χ4v) is 3.63. The molecule has 30 heavy (non-hydrogen) atoms. The minimum atomic E-state index is -0.637. The van der Waals surface area contributed by atoms with Crippen molar-refractivity contribution < 1.29 is 19.1 Å². The highest BCUT2D eigenvalue weighted by atomic mass is 32.1. The third-order valence-electron chi connectivity index (χ3n) is 4.62. The molecular weight excluding hydrogens is 404 g/mol. The maximum atomic E-state index is 12.7. The lowest BCUT2D eigenvalue weighted by atomic mass is 10.2. The van der Waals surface area contributed by atoms with Crippen LogP contribution in [0.3, 0.4) is 0 Å². The standard InChI is InChI=1S/C21H20N4O4S/c1-28-16-7-3-14(4-8-16)11-25(15-5-6-15)18(26)12-29-21(27)17-13-30-20(24-17)19-22-9-2-10-23-19/h2-4,7-10,13,15H,5-6,11-12H2,1H3. The molecule has 9 heteroatoms. The molecule has 0 spiro atoms. The summed E-state index contributed by atoms with van der Waals surface area (Å²) in [6, 6.07) is 9.48. The first-order chi connectivity index (χ1) is 14.6. The van der Waals surface area contributed by atoms with Crippen molar-refractivity contribution in [1.29, 1.82) is 0 Å². The Kier molecular flexibility index (Phi) is 5.99. The molecular formula is C21H20N4O4S. The maximum Gasteiger partial charge on any atom is 0.358 e. The molecule has 0 aliphatic heterocycles. The number of hydrogen-bond donors (Lipinski definition) is 0. The third-order valence-corrected chi connectivity index (χ3v) is 5.46. The molecule has 0 saturated heterocycles. The first-order valence-electron chi connectivity index (χ1n) is 9.46. The van der Waals surface area contributed by atoms with Gasteiger partial charge in [0.1, 0.15) is 5.75 Å². The van der Waals surface area contributed by atoms with Crippen LogP contribution in [0.2, 0.25) is 0 Å². The molecule has 0 atom stereocenters. The van der Waals surface area contributed by atoms with Crippen LogP contribution in [0.15, 0.2) is 48.1 Å². The monoisotopic (exact) mass is 424 g/mol. The quantitative estimate of drug-likeness (QED) is 0.513. The van der Waals surface area contributed by atoms with Crippen molar-refractivity contribution in [2.75, 3.05) is 13.7 Å². The highest BCUT2D eigenvalue weighted by molar-refractivity contribution is 7.13. The van der Waals surface area contributed by atoms with Crippen LogP contribution in [0.25, 0.3) is 10.8 Å². The Balaban J connectivity index is 1.35. The van der Waals surface area contributed by atoms with E-state index in [9.17, 15) is 9.59 Å². The van der Waals surface area contributed by atoms with E-state index >= 15 is 0 Å². The maximum absolute atomic E-state index is 12.7. The summed E-state index contributed by atoms with van der Waals surface area (Å²) in [7, 11) is 1.61. The zero-order chi connectivity index (χ0) is 20.9. The number of thiazole rings is 1. The third kappa shape index (κ3) is 4.80. The number of carbonyl (C=O) groups is 2. The minimum Gasteiger partial charge on any atom is -0.497 e. The fraction of sp³-hybridized carbons (Fsp3) is 0.286. The first-order valence-corrected chi connectivity index (χ1v) is 10.3. The summed E-state index contributed by atoms with van der Waals surface area (Å²) in [5.41, 5.74) is 1.14. The van der Waals surface area contributed by atoms with E-state index in [1.165, 1.54) is 11.3 Å². The average molecular weight is 424 g/mol. The Labute approximate surface area is 177 Å². The van der Waals surface area contributed by atoms with Crippen LogP contribution in [0.5, 0.6) is 5.75 Å². The normalized spacial score (nSPS) is 13.0. The predicted octanol–water partition coefficient (Wildman–Crippen LogP) is 2.96. The van der Waals surface area contributed by atoms with E-state index in [0.717, 1.165) is 24.2 Å². The number of methoxy groups -OCH3 is 1. The first kappa shape index (κ1) is 20.0. The van der Waals surface area contributed by atoms with Crippen molar-refractivity contribution >= 4 is 23.2 Å². The van der Waals surface area contributed by atoms with Gasteiger partial charge < -0.3 is 14.4 Å². The Hall–Kier alpha value is -3.33. The summed E-state index contributed by atoms with van der Waals surface area (Å²) >= 11 is 1.25. The summed E-state index contributed by atoms with van der Waals surface area (Å²) in [6.45, 7) is 0.150.